The van der Waals surface area contributed by atoms with Gasteiger partial charge < -0.3 is 10.1 Å². The minimum Gasteiger partial charge on any atom is -0.490 e. The summed E-state index contributed by atoms with van der Waals surface area (Å²) in [4.78, 5) is 0. The van der Waals surface area contributed by atoms with E-state index >= 15 is 0 Å². The maximum absolute atomic E-state index is 6.08. The molecule has 1 aromatic carbocycles. The summed E-state index contributed by atoms with van der Waals surface area (Å²) in [5.74, 6) is 1.03. The predicted octanol–water partition coefficient (Wildman–Crippen LogP) is 3.20. The SMILES string of the molecule is Cc1cc(Br)c(C)c(OC2CCNCC2)c1. The largest absolute Gasteiger partial charge is 0.490 e. The Morgan fingerprint density at radius 2 is 1.94 bits per heavy atom. The van der Waals surface area contributed by atoms with E-state index in [1.165, 1.54) is 11.1 Å². The fourth-order valence-corrected chi connectivity index (χ4v) is 2.55. The molecule has 1 saturated heterocycles. The lowest BCUT2D eigenvalue weighted by Crippen LogP contribution is -2.34. The minimum absolute atomic E-state index is 0.369. The lowest BCUT2D eigenvalue weighted by atomic mass is 10.1. The Hall–Kier alpha value is -0.540. The van der Waals surface area contributed by atoms with E-state index in [0.29, 0.717) is 6.10 Å². The molecule has 1 fully saturated rings. The molecule has 16 heavy (non-hydrogen) atoms. The Balaban J connectivity index is 2.13. The fraction of sp³-hybridized carbons (Fsp3) is 0.538. The van der Waals surface area contributed by atoms with E-state index in [2.05, 4.69) is 47.2 Å². The zero-order valence-corrected chi connectivity index (χ0v) is 11.4. The maximum Gasteiger partial charge on any atom is 0.124 e. The Morgan fingerprint density at radius 3 is 2.62 bits per heavy atom. The molecule has 2 nitrogen and oxygen atoms in total. The van der Waals surface area contributed by atoms with Gasteiger partial charge in [-0.05, 0) is 57.5 Å². The van der Waals surface area contributed by atoms with Crippen molar-refractivity contribution in [1.82, 2.24) is 5.32 Å². The molecule has 0 spiro atoms. The molecule has 0 aliphatic carbocycles. The zero-order chi connectivity index (χ0) is 11.5. The second-order valence-corrected chi connectivity index (χ2v) is 5.29. The number of halogens is 1. The van der Waals surface area contributed by atoms with Crippen LogP contribution in [0.15, 0.2) is 16.6 Å². The van der Waals surface area contributed by atoms with Gasteiger partial charge in [0.15, 0.2) is 0 Å². The topological polar surface area (TPSA) is 21.3 Å². The second kappa shape index (κ2) is 5.19. The van der Waals surface area contributed by atoms with E-state index in [0.717, 1.165) is 36.2 Å². The van der Waals surface area contributed by atoms with E-state index in [9.17, 15) is 0 Å². The number of hydrogen-bond donors (Lipinski definition) is 1. The van der Waals surface area contributed by atoms with Crippen LogP contribution in [-0.4, -0.2) is 19.2 Å². The van der Waals surface area contributed by atoms with Gasteiger partial charge in [0.1, 0.15) is 11.9 Å². The predicted molar refractivity (Wildman–Crippen MR) is 70.1 cm³/mol. The van der Waals surface area contributed by atoms with Crippen LogP contribution < -0.4 is 10.1 Å². The number of aryl methyl sites for hydroxylation is 1. The van der Waals surface area contributed by atoms with Crippen molar-refractivity contribution in [2.75, 3.05) is 13.1 Å². The van der Waals surface area contributed by atoms with Crippen molar-refractivity contribution in [3.8, 4) is 5.75 Å². The molecule has 0 unspecified atom stereocenters. The third kappa shape index (κ3) is 2.77. The van der Waals surface area contributed by atoms with Gasteiger partial charge in [0.05, 0.1) is 0 Å². The monoisotopic (exact) mass is 283 g/mol. The zero-order valence-electron chi connectivity index (χ0n) is 9.85. The first-order chi connectivity index (χ1) is 7.66. The van der Waals surface area contributed by atoms with Gasteiger partial charge in [-0.1, -0.05) is 15.9 Å². The number of nitrogens with one attached hydrogen (secondary N) is 1. The number of ether oxygens (including phenoxy) is 1. The summed E-state index contributed by atoms with van der Waals surface area (Å²) in [7, 11) is 0. The number of rotatable bonds is 2. The molecule has 3 heteroatoms. The Kier molecular flexibility index (Phi) is 3.87. The first-order valence-corrected chi connectivity index (χ1v) is 6.60. The van der Waals surface area contributed by atoms with E-state index in [1.54, 1.807) is 0 Å². The van der Waals surface area contributed by atoms with Gasteiger partial charge in [-0.3, -0.25) is 0 Å². The van der Waals surface area contributed by atoms with Gasteiger partial charge in [-0.25, -0.2) is 0 Å². The standard InChI is InChI=1S/C13H18BrNO/c1-9-7-12(14)10(2)13(8-9)16-11-3-5-15-6-4-11/h7-8,11,15H,3-6H2,1-2H3. The van der Waals surface area contributed by atoms with Crippen LogP contribution in [0.1, 0.15) is 24.0 Å². The molecule has 2 rings (SSSR count). The molecule has 0 amide bonds. The van der Waals surface area contributed by atoms with Gasteiger partial charge in [-0.2, -0.15) is 0 Å². The quantitative estimate of drug-likeness (QED) is 0.900. The highest BCUT2D eigenvalue weighted by Gasteiger charge is 2.16. The van der Waals surface area contributed by atoms with Gasteiger partial charge in [0, 0.05) is 10.0 Å². The molecule has 0 radical (unpaired) electrons. The summed E-state index contributed by atoms with van der Waals surface area (Å²) < 4.78 is 7.21. The van der Waals surface area contributed by atoms with Crippen molar-refractivity contribution < 1.29 is 4.74 Å². The Labute approximate surface area is 106 Å². The molecule has 0 atom stereocenters. The van der Waals surface area contributed by atoms with Crippen molar-refractivity contribution in [2.45, 2.75) is 32.8 Å². The molecule has 88 valence electrons. The second-order valence-electron chi connectivity index (χ2n) is 4.44. The lowest BCUT2D eigenvalue weighted by molar-refractivity contribution is 0.161. The molecule has 0 aromatic heterocycles. The highest BCUT2D eigenvalue weighted by atomic mass is 79.9. The average Bonchev–Trinajstić information content (AvgIpc) is 2.27. The highest BCUT2D eigenvalue weighted by Crippen LogP contribution is 2.29. The molecule has 1 heterocycles. The number of piperidine rings is 1. The molecular weight excluding hydrogens is 266 g/mol. The first kappa shape index (κ1) is 11.9. The van der Waals surface area contributed by atoms with Gasteiger partial charge in [-0.15, -0.1) is 0 Å². The summed E-state index contributed by atoms with van der Waals surface area (Å²) in [5, 5.41) is 3.35. The van der Waals surface area contributed by atoms with E-state index in [-0.39, 0.29) is 0 Å². The van der Waals surface area contributed by atoms with E-state index < -0.39 is 0 Å². The third-order valence-corrected chi connectivity index (χ3v) is 3.84. The normalized spacial score (nSPS) is 17.4. The summed E-state index contributed by atoms with van der Waals surface area (Å²) in [6.45, 7) is 6.33. The molecule has 1 aromatic rings. The smallest absolute Gasteiger partial charge is 0.124 e. The van der Waals surface area contributed by atoms with Crippen LogP contribution in [0.4, 0.5) is 0 Å². The van der Waals surface area contributed by atoms with Crippen LogP contribution >= 0.6 is 15.9 Å². The van der Waals surface area contributed by atoms with Crippen LogP contribution in [0.3, 0.4) is 0 Å². The lowest BCUT2D eigenvalue weighted by Gasteiger charge is -2.25. The van der Waals surface area contributed by atoms with Crippen LogP contribution in [0.2, 0.25) is 0 Å². The van der Waals surface area contributed by atoms with Crippen molar-refractivity contribution >= 4 is 15.9 Å². The van der Waals surface area contributed by atoms with Crippen LogP contribution in [-0.2, 0) is 0 Å². The Morgan fingerprint density at radius 1 is 1.25 bits per heavy atom. The summed E-state index contributed by atoms with van der Waals surface area (Å²) in [6.07, 6.45) is 2.57. The minimum atomic E-state index is 0.369. The van der Waals surface area contributed by atoms with Crippen molar-refractivity contribution in [3.05, 3.63) is 27.7 Å². The maximum atomic E-state index is 6.08. The van der Waals surface area contributed by atoms with Gasteiger partial charge in [0.2, 0.25) is 0 Å². The van der Waals surface area contributed by atoms with Gasteiger partial charge in [0.25, 0.3) is 0 Å². The molecule has 1 aliphatic heterocycles. The van der Waals surface area contributed by atoms with Crippen LogP contribution in [0.25, 0.3) is 0 Å². The van der Waals surface area contributed by atoms with Crippen molar-refractivity contribution in [1.29, 1.82) is 0 Å². The third-order valence-electron chi connectivity index (χ3n) is 3.02. The molecule has 0 bridgehead atoms. The van der Waals surface area contributed by atoms with Crippen LogP contribution in [0.5, 0.6) is 5.75 Å². The summed E-state index contributed by atoms with van der Waals surface area (Å²) in [6, 6.07) is 4.26. The fourth-order valence-electron chi connectivity index (χ4n) is 2.00. The molecular formula is C13H18BrNO. The van der Waals surface area contributed by atoms with Gasteiger partial charge >= 0.3 is 0 Å². The molecule has 1 aliphatic rings. The van der Waals surface area contributed by atoms with Crippen LogP contribution in [0, 0.1) is 13.8 Å². The summed E-state index contributed by atoms with van der Waals surface area (Å²) in [5.41, 5.74) is 2.44. The Bertz CT molecular complexity index is 372. The van der Waals surface area contributed by atoms with Crippen molar-refractivity contribution in [2.24, 2.45) is 0 Å². The average molecular weight is 284 g/mol. The number of benzene rings is 1. The van der Waals surface area contributed by atoms with E-state index in [1.807, 2.05) is 0 Å². The molecule has 1 N–H and O–H groups in total. The molecule has 0 saturated carbocycles. The highest BCUT2D eigenvalue weighted by molar-refractivity contribution is 9.10. The van der Waals surface area contributed by atoms with Crippen molar-refractivity contribution in [3.63, 3.8) is 0 Å². The number of hydrogen-bond acceptors (Lipinski definition) is 2. The summed E-state index contributed by atoms with van der Waals surface area (Å²) >= 11 is 3.57. The van der Waals surface area contributed by atoms with E-state index in [4.69, 9.17) is 4.74 Å². The first-order valence-electron chi connectivity index (χ1n) is 5.81.